The number of aliphatic imine (C=N–C) groups is 1. The number of allylic oxidation sites excluding steroid dienone is 2. The lowest BCUT2D eigenvalue weighted by Gasteiger charge is -2.31. The Labute approximate surface area is 199 Å². The van der Waals surface area contributed by atoms with E-state index >= 15 is 0 Å². The highest BCUT2D eigenvalue weighted by molar-refractivity contribution is 6.25. The first-order valence-corrected chi connectivity index (χ1v) is 11.3. The van der Waals surface area contributed by atoms with Crippen LogP contribution in [0.4, 0.5) is 11.4 Å². The average Bonchev–Trinajstić information content (AvgIpc) is 2.75. The molecule has 180 valence electrons. The average molecular weight is 467 g/mol. The standard InChI is InChI=1S/C26H30N2O6/c1-5-33-23-11-10-17(13-24(23)34-6-2)12-21(29)25-20(15-26(3,4)16-22(25)30)27-18-8-7-9-19(14-18)28(31)32/h7-11,13-14,29H,5-6,12,15-16H2,1-4H3/b25-21+,27-20?. The van der Waals surface area contributed by atoms with Gasteiger partial charge in [-0.15, -0.1) is 0 Å². The van der Waals surface area contributed by atoms with Crippen LogP contribution in [0.5, 0.6) is 11.5 Å². The first-order valence-electron chi connectivity index (χ1n) is 11.3. The molecule has 34 heavy (non-hydrogen) atoms. The van der Waals surface area contributed by atoms with Gasteiger partial charge < -0.3 is 14.6 Å². The number of carbonyl (C=O) groups excluding carboxylic acids is 1. The number of ketones is 1. The molecule has 2 aromatic carbocycles. The van der Waals surface area contributed by atoms with Gasteiger partial charge in [-0.05, 0) is 49.4 Å². The van der Waals surface area contributed by atoms with E-state index in [0.717, 1.165) is 5.56 Å². The maximum absolute atomic E-state index is 13.1. The van der Waals surface area contributed by atoms with E-state index in [1.165, 1.54) is 12.1 Å². The van der Waals surface area contributed by atoms with Crippen LogP contribution in [0.2, 0.25) is 0 Å². The third-order valence-corrected chi connectivity index (χ3v) is 5.43. The number of aliphatic hydroxyl groups excluding tert-OH is 1. The van der Waals surface area contributed by atoms with Gasteiger partial charge in [-0.25, -0.2) is 0 Å². The molecule has 1 N–H and O–H groups in total. The van der Waals surface area contributed by atoms with Gasteiger partial charge in [0.1, 0.15) is 5.76 Å². The first-order chi connectivity index (χ1) is 16.1. The summed E-state index contributed by atoms with van der Waals surface area (Å²) in [5.41, 5.74) is 1.29. The highest BCUT2D eigenvalue weighted by atomic mass is 16.6. The van der Waals surface area contributed by atoms with E-state index in [1.807, 2.05) is 33.8 Å². The van der Waals surface area contributed by atoms with Gasteiger partial charge in [0.15, 0.2) is 17.3 Å². The summed E-state index contributed by atoms with van der Waals surface area (Å²) in [7, 11) is 0. The van der Waals surface area contributed by atoms with Crippen molar-refractivity contribution < 1.29 is 24.3 Å². The van der Waals surface area contributed by atoms with Gasteiger partial charge >= 0.3 is 0 Å². The molecular weight excluding hydrogens is 436 g/mol. The molecule has 1 saturated carbocycles. The van der Waals surface area contributed by atoms with Crippen molar-refractivity contribution in [1.29, 1.82) is 0 Å². The molecule has 1 aliphatic rings. The molecule has 3 rings (SSSR count). The molecule has 0 amide bonds. The van der Waals surface area contributed by atoms with E-state index in [1.54, 1.807) is 24.3 Å². The fraction of sp³-hybridized carbons (Fsp3) is 0.385. The largest absolute Gasteiger partial charge is 0.511 e. The number of nitro groups is 1. The molecule has 0 spiro atoms. The quantitative estimate of drug-likeness (QED) is 0.224. The molecule has 0 unspecified atom stereocenters. The Morgan fingerprint density at radius 1 is 1.09 bits per heavy atom. The lowest BCUT2D eigenvalue weighted by Crippen LogP contribution is -2.32. The van der Waals surface area contributed by atoms with Crippen LogP contribution in [0, 0.1) is 15.5 Å². The molecule has 0 saturated heterocycles. The lowest BCUT2D eigenvalue weighted by atomic mass is 9.73. The maximum atomic E-state index is 13.1. The van der Waals surface area contributed by atoms with Crippen molar-refractivity contribution in [3.8, 4) is 11.5 Å². The summed E-state index contributed by atoms with van der Waals surface area (Å²) >= 11 is 0. The van der Waals surface area contributed by atoms with Crippen LogP contribution in [0.15, 0.2) is 58.8 Å². The second-order valence-electron chi connectivity index (χ2n) is 8.92. The van der Waals surface area contributed by atoms with E-state index in [9.17, 15) is 20.0 Å². The first kappa shape index (κ1) is 25.0. The van der Waals surface area contributed by atoms with Crippen molar-refractivity contribution in [3.05, 3.63) is 69.5 Å². The van der Waals surface area contributed by atoms with Crippen LogP contribution in [0.1, 0.15) is 46.1 Å². The van der Waals surface area contributed by atoms with E-state index in [2.05, 4.69) is 4.99 Å². The Balaban J connectivity index is 2.02. The minimum atomic E-state index is -0.490. The van der Waals surface area contributed by atoms with Crippen molar-refractivity contribution in [1.82, 2.24) is 0 Å². The number of hydrogen-bond acceptors (Lipinski definition) is 7. The number of hydrogen-bond donors (Lipinski definition) is 1. The van der Waals surface area contributed by atoms with Crippen LogP contribution in [-0.4, -0.2) is 34.7 Å². The molecule has 2 aromatic rings. The third kappa shape index (κ3) is 6.01. The van der Waals surface area contributed by atoms with Gasteiger partial charge in [0, 0.05) is 25.0 Å². The fourth-order valence-corrected chi connectivity index (χ4v) is 4.03. The number of nitrogens with zero attached hydrogens (tertiary/aromatic N) is 2. The van der Waals surface area contributed by atoms with Crippen LogP contribution in [0.25, 0.3) is 0 Å². The van der Waals surface area contributed by atoms with E-state index in [4.69, 9.17) is 9.47 Å². The predicted octanol–water partition coefficient (Wildman–Crippen LogP) is 5.91. The van der Waals surface area contributed by atoms with Crippen LogP contribution in [0.3, 0.4) is 0 Å². The number of rotatable bonds is 8. The summed E-state index contributed by atoms with van der Waals surface area (Å²) in [5, 5.41) is 22.2. The van der Waals surface area contributed by atoms with E-state index in [0.29, 0.717) is 42.5 Å². The van der Waals surface area contributed by atoms with Gasteiger partial charge in [-0.3, -0.25) is 19.9 Å². The number of carbonyl (C=O) groups is 1. The van der Waals surface area contributed by atoms with Gasteiger partial charge in [0.05, 0.1) is 35.1 Å². The Morgan fingerprint density at radius 2 is 1.79 bits per heavy atom. The molecule has 1 fully saturated rings. The molecule has 0 radical (unpaired) electrons. The Kier molecular flexibility index (Phi) is 7.71. The summed E-state index contributed by atoms with van der Waals surface area (Å²) in [5.74, 6) is 0.898. The minimum absolute atomic E-state index is 0.0868. The lowest BCUT2D eigenvalue weighted by molar-refractivity contribution is -0.384. The number of Topliss-reactive ketones (excluding diaryl/α,β-unsaturated/α-hetero) is 1. The molecule has 8 nitrogen and oxygen atoms in total. The second-order valence-corrected chi connectivity index (χ2v) is 8.92. The third-order valence-electron chi connectivity index (χ3n) is 5.43. The van der Waals surface area contributed by atoms with Crippen LogP contribution in [-0.2, 0) is 11.2 Å². The Hall–Kier alpha value is -3.68. The molecule has 0 bridgehead atoms. The number of nitro benzene ring substituents is 1. The fourth-order valence-electron chi connectivity index (χ4n) is 4.03. The number of aliphatic hydroxyl groups is 1. The van der Waals surface area contributed by atoms with Gasteiger partial charge in [0.2, 0.25) is 0 Å². The van der Waals surface area contributed by atoms with Crippen molar-refractivity contribution in [2.24, 2.45) is 10.4 Å². The Bertz CT molecular complexity index is 1150. The molecule has 0 heterocycles. The smallest absolute Gasteiger partial charge is 0.271 e. The van der Waals surface area contributed by atoms with Crippen molar-refractivity contribution in [3.63, 3.8) is 0 Å². The number of benzene rings is 2. The monoisotopic (exact) mass is 466 g/mol. The van der Waals surface area contributed by atoms with Gasteiger partial charge in [-0.2, -0.15) is 0 Å². The predicted molar refractivity (Wildman–Crippen MR) is 130 cm³/mol. The summed E-state index contributed by atoms with van der Waals surface area (Å²) in [6, 6.07) is 11.3. The highest BCUT2D eigenvalue weighted by Crippen LogP contribution is 2.37. The molecule has 0 aliphatic heterocycles. The molecular formula is C26H30N2O6. The van der Waals surface area contributed by atoms with Crippen LogP contribution >= 0.6 is 0 Å². The molecule has 0 atom stereocenters. The van der Waals surface area contributed by atoms with Gasteiger partial charge in [0.25, 0.3) is 5.69 Å². The van der Waals surface area contributed by atoms with E-state index in [-0.39, 0.29) is 41.1 Å². The SMILES string of the molecule is CCOc1ccc(C/C(O)=C2\C(=O)CC(C)(C)CC2=Nc2cccc([N+](=O)[O-])c2)cc1OCC. The molecule has 0 aromatic heterocycles. The summed E-state index contributed by atoms with van der Waals surface area (Å²) in [6.45, 7) is 8.64. The zero-order valence-electron chi connectivity index (χ0n) is 20.0. The summed E-state index contributed by atoms with van der Waals surface area (Å²) in [6.07, 6.45) is 0.837. The normalized spacial score (nSPS) is 18.0. The number of ether oxygens (including phenoxy) is 2. The topological polar surface area (TPSA) is 111 Å². The van der Waals surface area contributed by atoms with Gasteiger partial charge in [-0.1, -0.05) is 26.0 Å². The number of non-ortho nitro benzene ring substituents is 1. The van der Waals surface area contributed by atoms with Crippen molar-refractivity contribution in [2.45, 2.75) is 47.0 Å². The zero-order valence-corrected chi connectivity index (χ0v) is 20.0. The zero-order chi connectivity index (χ0) is 24.9. The molecule has 1 aliphatic carbocycles. The molecule has 8 heteroatoms. The summed E-state index contributed by atoms with van der Waals surface area (Å²) in [4.78, 5) is 28.3. The van der Waals surface area contributed by atoms with Crippen LogP contribution < -0.4 is 9.47 Å². The van der Waals surface area contributed by atoms with E-state index < -0.39 is 4.92 Å². The Morgan fingerprint density at radius 3 is 2.47 bits per heavy atom. The van der Waals surface area contributed by atoms with Crippen molar-refractivity contribution in [2.75, 3.05) is 13.2 Å². The van der Waals surface area contributed by atoms with Crippen molar-refractivity contribution >= 4 is 22.9 Å². The maximum Gasteiger partial charge on any atom is 0.271 e. The second kappa shape index (κ2) is 10.5. The summed E-state index contributed by atoms with van der Waals surface area (Å²) < 4.78 is 11.3. The highest BCUT2D eigenvalue weighted by Gasteiger charge is 2.36. The minimum Gasteiger partial charge on any atom is -0.511 e.